The highest BCUT2D eigenvalue weighted by Gasteiger charge is 2.26. The number of nitrogens with one attached hydrogen (secondary N) is 1. The third-order valence-electron chi connectivity index (χ3n) is 5.08. The van der Waals surface area contributed by atoms with Crippen molar-refractivity contribution in [1.82, 2.24) is 10.2 Å². The second-order valence-corrected chi connectivity index (χ2v) is 9.08. The predicted molar refractivity (Wildman–Crippen MR) is 128 cm³/mol. The van der Waals surface area contributed by atoms with Crippen molar-refractivity contribution < 1.29 is 14.3 Å². The minimum absolute atomic E-state index is 0.141. The third kappa shape index (κ3) is 7.69. The first-order valence-electron chi connectivity index (χ1n) is 10.7. The minimum Gasteiger partial charge on any atom is -0.483 e. The molecule has 31 heavy (non-hydrogen) atoms. The standard InChI is InChI=1S/C25H33BrN2O3/c1-6-20-11-12-23(22(26)13-20)31-16-24(29)28(15-21-9-7-18(4)8-10-21)19(5)25(30)27-14-17(2)3/h7-13,17,19H,6,14-16H2,1-5H3,(H,27,30). The molecule has 0 fully saturated rings. The molecule has 1 atom stereocenters. The van der Waals surface area contributed by atoms with Gasteiger partial charge in [0.2, 0.25) is 5.91 Å². The van der Waals surface area contributed by atoms with Crippen LogP contribution in [0.2, 0.25) is 0 Å². The van der Waals surface area contributed by atoms with E-state index in [1.807, 2.05) is 63.2 Å². The zero-order chi connectivity index (χ0) is 23.0. The number of ether oxygens (including phenoxy) is 1. The Morgan fingerprint density at radius 2 is 1.71 bits per heavy atom. The van der Waals surface area contributed by atoms with Gasteiger partial charge in [-0.05, 0) is 65.4 Å². The molecule has 0 saturated carbocycles. The number of rotatable bonds is 10. The molecular weight excluding hydrogens is 456 g/mol. The molecule has 1 unspecified atom stereocenters. The van der Waals surface area contributed by atoms with Crippen LogP contribution in [0.4, 0.5) is 0 Å². The smallest absolute Gasteiger partial charge is 0.261 e. The van der Waals surface area contributed by atoms with Gasteiger partial charge in [-0.3, -0.25) is 9.59 Å². The fraction of sp³-hybridized carbons (Fsp3) is 0.440. The molecule has 0 heterocycles. The number of nitrogens with zero attached hydrogens (tertiary/aromatic N) is 1. The van der Waals surface area contributed by atoms with Gasteiger partial charge >= 0.3 is 0 Å². The molecule has 0 spiro atoms. The van der Waals surface area contributed by atoms with Gasteiger partial charge in [0.05, 0.1) is 4.47 Å². The van der Waals surface area contributed by atoms with Crippen LogP contribution in [0.25, 0.3) is 0 Å². The summed E-state index contributed by atoms with van der Waals surface area (Å²) in [6, 6.07) is 13.2. The van der Waals surface area contributed by atoms with Crippen molar-refractivity contribution in [2.45, 2.75) is 53.6 Å². The second-order valence-electron chi connectivity index (χ2n) is 8.23. The highest BCUT2D eigenvalue weighted by Crippen LogP contribution is 2.26. The number of benzene rings is 2. The third-order valence-corrected chi connectivity index (χ3v) is 5.70. The number of halogens is 1. The van der Waals surface area contributed by atoms with E-state index in [2.05, 4.69) is 28.2 Å². The Morgan fingerprint density at radius 3 is 2.29 bits per heavy atom. The lowest BCUT2D eigenvalue weighted by Gasteiger charge is -2.29. The number of hydrogen-bond acceptors (Lipinski definition) is 3. The van der Waals surface area contributed by atoms with Gasteiger partial charge in [-0.15, -0.1) is 0 Å². The summed E-state index contributed by atoms with van der Waals surface area (Å²) >= 11 is 3.51. The molecule has 2 amide bonds. The fourth-order valence-electron chi connectivity index (χ4n) is 3.03. The van der Waals surface area contributed by atoms with Gasteiger partial charge in [0.15, 0.2) is 6.61 Å². The molecule has 0 radical (unpaired) electrons. The van der Waals surface area contributed by atoms with Crippen molar-refractivity contribution in [3.8, 4) is 5.75 Å². The summed E-state index contributed by atoms with van der Waals surface area (Å²) in [5.74, 6) is 0.545. The summed E-state index contributed by atoms with van der Waals surface area (Å²) in [6.45, 7) is 10.7. The van der Waals surface area contributed by atoms with Gasteiger partial charge < -0.3 is 15.0 Å². The molecule has 2 aromatic rings. The van der Waals surface area contributed by atoms with Crippen molar-refractivity contribution in [2.75, 3.05) is 13.2 Å². The highest BCUT2D eigenvalue weighted by atomic mass is 79.9. The first-order chi connectivity index (χ1) is 14.7. The number of aryl methyl sites for hydroxylation is 2. The van der Waals surface area contributed by atoms with E-state index in [-0.39, 0.29) is 18.4 Å². The average molecular weight is 489 g/mol. The summed E-state index contributed by atoms with van der Waals surface area (Å²) in [5.41, 5.74) is 3.30. The Bertz CT molecular complexity index is 881. The average Bonchev–Trinajstić information content (AvgIpc) is 2.75. The molecule has 0 aliphatic rings. The van der Waals surface area contributed by atoms with E-state index in [0.717, 1.165) is 22.0 Å². The van der Waals surface area contributed by atoms with Gasteiger partial charge in [-0.1, -0.05) is 56.7 Å². The maximum absolute atomic E-state index is 13.1. The minimum atomic E-state index is -0.609. The SMILES string of the molecule is CCc1ccc(OCC(=O)N(Cc2ccc(C)cc2)C(C)C(=O)NCC(C)C)c(Br)c1. The Labute approximate surface area is 194 Å². The first-order valence-corrected chi connectivity index (χ1v) is 11.5. The van der Waals surface area contributed by atoms with Crippen molar-refractivity contribution in [2.24, 2.45) is 5.92 Å². The number of carbonyl (C=O) groups excluding carboxylic acids is 2. The van der Waals surface area contributed by atoms with Crippen LogP contribution in [0.15, 0.2) is 46.9 Å². The molecule has 2 aromatic carbocycles. The maximum Gasteiger partial charge on any atom is 0.261 e. The molecule has 0 bridgehead atoms. The van der Waals surface area contributed by atoms with Gasteiger partial charge in [0, 0.05) is 13.1 Å². The monoisotopic (exact) mass is 488 g/mol. The summed E-state index contributed by atoms with van der Waals surface area (Å²) in [4.78, 5) is 27.4. The lowest BCUT2D eigenvalue weighted by molar-refractivity contribution is -0.142. The van der Waals surface area contributed by atoms with E-state index in [4.69, 9.17) is 4.74 Å². The van der Waals surface area contributed by atoms with Crippen molar-refractivity contribution >= 4 is 27.7 Å². The van der Waals surface area contributed by atoms with Crippen LogP contribution in [0.1, 0.15) is 44.4 Å². The van der Waals surface area contributed by atoms with E-state index < -0.39 is 6.04 Å². The van der Waals surface area contributed by atoms with Crippen molar-refractivity contribution in [3.63, 3.8) is 0 Å². The number of amides is 2. The maximum atomic E-state index is 13.1. The van der Waals surface area contributed by atoms with E-state index in [0.29, 0.717) is 24.8 Å². The quantitative estimate of drug-likeness (QED) is 0.517. The summed E-state index contributed by atoms with van der Waals surface area (Å²) in [7, 11) is 0. The van der Waals surface area contributed by atoms with Crippen LogP contribution in [0, 0.1) is 12.8 Å². The van der Waals surface area contributed by atoms with Crippen LogP contribution in [-0.4, -0.2) is 35.9 Å². The Morgan fingerprint density at radius 1 is 1.06 bits per heavy atom. The Balaban J connectivity index is 2.14. The van der Waals surface area contributed by atoms with Crippen LogP contribution in [0.3, 0.4) is 0 Å². The lowest BCUT2D eigenvalue weighted by Crippen LogP contribution is -2.49. The van der Waals surface area contributed by atoms with Crippen LogP contribution < -0.4 is 10.1 Å². The molecule has 168 valence electrons. The van der Waals surface area contributed by atoms with Crippen LogP contribution >= 0.6 is 15.9 Å². The van der Waals surface area contributed by atoms with Crippen molar-refractivity contribution in [3.05, 3.63) is 63.6 Å². The molecular formula is C25H33BrN2O3. The molecule has 2 rings (SSSR count). The normalized spacial score (nSPS) is 11.8. The summed E-state index contributed by atoms with van der Waals surface area (Å²) in [6.07, 6.45) is 0.922. The van der Waals surface area contributed by atoms with E-state index in [1.54, 1.807) is 11.8 Å². The van der Waals surface area contributed by atoms with Crippen molar-refractivity contribution in [1.29, 1.82) is 0 Å². The van der Waals surface area contributed by atoms with Gasteiger partial charge in [-0.25, -0.2) is 0 Å². The topological polar surface area (TPSA) is 58.6 Å². The molecule has 0 aliphatic carbocycles. The lowest BCUT2D eigenvalue weighted by atomic mass is 10.1. The number of hydrogen-bond donors (Lipinski definition) is 1. The largest absolute Gasteiger partial charge is 0.483 e. The summed E-state index contributed by atoms with van der Waals surface area (Å²) < 4.78 is 6.61. The molecule has 0 saturated heterocycles. The molecule has 1 N–H and O–H groups in total. The molecule has 6 heteroatoms. The molecule has 0 aliphatic heterocycles. The van der Waals surface area contributed by atoms with Gasteiger partial charge in [-0.2, -0.15) is 0 Å². The predicted octanol–water partition coefficient (Wildman–Crippen LogP) is 4.89. The first kappa shape index (κ1) is 24.9. The van der Waals surface area contributed by atoms with E-state index in [9.17, 15) is 9.59 Å². The zero-order valence-electron chi connectivity index (χ0n) is 19.1. The zero-order valence-corrected chi connectivity index (χ0v) is 20.7. The molecule has 0 aromatic heterocycles. The van der Waals surface area contributed by atoms with E-state index in [1.165, 1.54) is 5.56 Å². The molecule has 5 nitrogen and oxygen atoms in total. The van der Waals surface area contributed by atoms with Gasteiger partial charge in [0.25, 0.3) is 5.91 Å². The highest BCUT2D eigenvalue weighted by molar-refractivity contribution is 9.10. The summed E-state index contributed by atoms with van der Waals surface area (Å²) in [5, 5.41) is 2.93. The van der Waals surface area contributed by atoms with E-state index >= 15 is 0 Å². The van der Waals surface area contributed by atoms with Crippen LogP contribution in [0.5, 0.6) is 5.75 Å². The fourth-order valence-corrected chi connectivity index (χ4v) is 3.57. The Hall–Kier alpha value is -2.34. The number of carbonyl (C=O) groups is 2. The van der Waals surface area contributed by atoms with Crippen LogP contribution in [-0.2, 0) is 22.6 Å². The second kappa shape index (κ2) is 11.9. The Kier molecular flexibility index (Phi) is 9.56. The van der Waals surface area contributed by atoms with Gasteiger partial charge in [0.1, 0.15) is 11.8 Å².